The van der Waals surface area contributed by atoms with E-state index in [9.17, 15) is 31.1 Å². The highest BCUT2D eigenvalue weighted by molar-refractivity contribution is 7.80. The summed E-state index contributed by atoms with van der Waals surface area (Å²) in [5.74, 6) is -5.74. The molecule has 1 aromatic rings. The Hall–Kier alpha value is -1.68. The van der Waals surface area contributed by atoms with Crippen LogP contribution in [0.4, 0.5) is 17.6 Å². The van der Waals surface area contributed by atoms with Gasteiger partial charge in [0.05, 0.1) is 12.2 Å². The van der Waals surface area contributed by atoms with E-state index in [1.54, 1.807) is 0 Å². The minimum absolute atomic E-state index is 0.0375. The lowest BCUT2D eigenvalue weighted by molar-refractivity contribution is -0.163. The second-order valence-electron chi connectivity index (χ2n) is 4.24. The molecular weight excluding hydrogens is 332 g/mol. The normalized spacial score (nSPS) is 13.7. The van der Waals surface area contributed by atoms with Crippen LogP contribution < -0.4 is 0 Å². The molecule has 0 aliphatic carbocycles. The Morgan fingerprint density at radius 3 is 2.27 bits per heavy atom. The number of esters is 1. The summed E-state index contributed by atoms with van der Waals surface area (Å²) in [6.45, 7) is -0.586. The number of alkyl halides is 4. The minimum Gasteiger partial charge on any atom is -0.768 e. The van der Waals surface area contributed by atoms with Crippen molar-refractivity contribution in [3.05, 3.63) is 29.8 Å². The van der Waals surface area contributed by atoms with E-state index in [0.29, 0.717) is 0 Å². The maximum atomic E-state index is 13.0. The van der Waals surface area contributed by atoms with Crippen molar-refractivity contribution in [3.8, 4) is 5.75 Å². The van der Waals surface area contributed by atoms with Gasteiger partial charge < -0.3 is 14.4 Å². The van der Waals surface area contributed by atoms with Gasteiger partial charge in [0.15, 0.2) is 0 Å². The molecule has 0 radical (unpaired) electrons. The first-order valence-electron chi connectivity index (χ1n) is 5.89. The molecule has 0 fully saturated rings. The van der Waals surface area contributed by atoms with Gasteiger partial charge >= 0.3 is 17.1 Å². The van der Waals surface area contributed by atoms with Crippen molar-refractivity contribution in [2.45, 2.75) is 24.0 Å². The Bertz CT molecular complexity index is 547. The number of carbonyl (C=O) groups excluding carboxylic acids is 1. The van der Waals surface area contributed by atoms with Gasteiger partial charge in [-0.25, -0.2) is 4.79 Å². The maximum absolute atomic E-state index is 13.0. The van der Waals surface area contributed by atoms with E-state index in [4.69, 9.17) is 5.11 Å². The first-order chi connectivity index (χ1) is 10.1. The third-order valence-electron chi connectivity index (χ3n) is 2.61. The van der Waals surface area contributed by atoms with Crippen LogP contribution in [0.3, 0.4) is 0 Å². The Morgan fingerprint density at radius 1 is 1.23 bits per heavy atom. The van der Waals surface area contributed by atoms with Gasteiger partial charge in [-0.2, -0.15) is 17.6 Å². The van der Waals surface area contributed by atoms with E-state index in [1.807, 2.05) is 0 Å². The van der Waals surface area contributed by atoms with Crippen LogP contribution in [0.2, 0.25) is 0 Å². The molecule has 0 heterocycles. The third kappa shape index (κ3) is 4.41. The lowest BCUT2D eigenvalue weighted by atomic mass is 10.2. The molecule has 0 saturated carbocycles. The van der Waals surface area contributed by atoms with Gasteiger partial charge in [-0.3, -0.25) is 4.21 Å². The molecule has 0 amide bonds. The van der Waals surface area contributed by atoms with E-state index in [2.05, 4.69) is 4.74 Å². The summed E-state index contributed by atoms with van der Waals surface area (Å²) >= 11 is -4.26. The molecule has 124 valence electrons. The molecule has 22 heavy (non-hydrogen) atoms. The first-order valence-corrected chi connectivity index (χ1v) is 6.96. The third-order valence-corrected chi connectivity index (χ3v) is 3.32. The summed E-state index contributed by atoms with van der Waals surface area (Å²) in [7, 11) is 0. The molecule has 0 spiro atoms. The first kappa shape index (κ1) is 18.4. The van der Waals surface area contributed by atoms with E-state index in [-0.39, 0.29) is 11.3 Å². The Kier molecular flexibility index (Phi) is 5.89. The molecule has 1 aromatic carbocycles. The summed E-state index contributed by atoms with van der Waals surface area (Å²) in [5, 5.41) is 3.82. The molecule has 0 bridgehead atoms. The van der Waals surface area contributed by atoms with Gasteiger partial charge in [0.25, 0.3) is 0 Å². The van der Waals surface area contributed by atoms with Gasteiger partial charge in [-0.05, 0) is 30.7 Å². The molecule has 1 N–H and O–H groups in total. The largest absolute Gasteiger partial charge is 0.768 e. The lowest BCUT2D eigenvalue weighted by Gasteiger charge is -2.27. The number of hydrogen-bond acceptors (Lipinski definition) is 5. The van der Waals surface area contributed by atoms with Crippen molar-refractivity contribution in [1.82, 2.24) is 0 Å². The van der Waals surface area contributed by atoms with Crippen LogP contribution >= 0.6 is 0 Å². The van der Waals surface area contributed by atoms with Crippen LogP contribution in [0.1, 0.15) is 23.2 Å². The molecule has 1 atom stereocenters. The maximum Gasteiger partial charge on any atom is 0.371 e. The molecule has 0 saturated heterocycles. The minimum atomic E-state index is -5.19. The number of carbonyl (C=O) groups is 1. The van der Waals surface area contributed by atoms with Crippen molar-refractivity contribution in [2.75, 3.05) is 6.61 Å². The number of hydrogen-bond donors (Lipinski definition) is 1. The zero-order valence-corrected chi connectivity index (χ0v) is 11.7. The molecule has 10 heteroatoms. The topological polar surface area (TPSA) is 86.7 Å². The monoisotopic (exact) mass is 343 g/mol. The number of phenolic OH excluding ortho intramolecular Hbond substituents is 1. The summed E-state index contributed by atoms with van der Waals surface area (Å²) in [5.41, 5.74) is 0.0375. The summed E-state index contributed by atoms with van der Waals surface area (Å²) in [4.78, 5) is 11.4. The number of halogens is 4. The molecule has 5 nitrogen and oxygen atoms in total. The van der Waals surface area contributed by atoms with Crippen LogP contribution in [0, 0.1) is 0 Å². The van der Waals surface area contributed by atoms with Crippen molar-refractivity contribution < 1.29 is 41.0 Å². The number of aromatic hydroxyl groups is 1. The van der Waals surface area contributed by atoms with Gasteiger partial charge in [-0.1, -0.05) is 0 Å². The lowest BCUT2D eigenvalue weighted by Crippen LogP contribution is -2.44. The fourth-order valence-corrected chi connectivity index (χ4v) is 1.75. The van der Waals surface area contributed by atoms with E-state index < -0.39 is 47.7 Å². The van der Waals surface area contributed by atoms with Crippen LogP contribution in [0.5, 0.6) is 5.75 Å². The summed E-state index contributed by atoms with van der Waals surface area (Å²) in [6.07, 6.45) is -2.11. The summed E-state index contributed by atoms with van der Waals surface area (Å²) in [6, 6.07) is 4.85. The number of rotatable bonds is 7. The van der Waals surface area contributed by atoms with E-state index >= 15 is 0 Å². The SMILES string of the molecule is O=C(OCCCC(F)(F)C(F)(F)S(=O)[O-])c1ccc(O)cc1. The highest BCUT2D eigenvalue weighted by Crippen LogP contribution is 2.39. The van der Waals surface area contributed by atoms with Gasteiger partial charge in [0.2, 0.25) is 0 Å². The predicted molar refractivity (Wildman–Crippen MR) is 66.4 cm³/mol. The van der Waals surface area contributed by atoms with Crippen LogP contribution in [-0.4, -0.2) is 37.6 Å². The molecule has 0 aliphatic rings. The number of benzene rings is 1. The van der Waals surface area contributed by atoms with E-state index in [1.165, 1.54) is 24.3 Å². The summed E-state index contributed by atoms with van der Waals surface area (Å²) < 4.78 is 76.3. The molecule has 0 aliphatic heterocycles. The van der Waals surface area contributed by atoms with Gasteiger partial charge in [0.1, 0.15) is 5.75 Å². The Labute approximate surface area is 125 Å². The highest BCUT2D eigenvalue weighted by atomic mass is 32.2. The number of phenols is 1. The average molecular weight is 343 g/mol. The fourth-order valence-electron chi connectivity index (χ4n) is 1.41. The molecule has 1 rings (SSSR count). The second-order valence-corrected chi connectivity index (χ2v) is 5.22. The van der Waals surface area contributed by atoms with Crippen molar-refractivity contribution >= 4 is 17.0 Å². The molecular formula is C12H11F4O5S-. The van der Waals surface area contributed by atoms with Gasteiger partial charge in [-0.15, -0.1) is 0 Å². The molecule has 0 aromatic heterocycles. The zero-order valence-electron chi connectivity index (χ0n) is 10.9. The van der Waals surface area contributed by atoms with E-state index in [0.717, 1.165) is 0 Å². The molecule has 1 unspecified atom stereocenters. The Balaban J connectivity index is 2.46. The van der Waals surface area contributed by atoms with Crippen molar-refractivity contribution in [1.29, 1.82) is 0 Å². The van der Waals surface area contributed by atoms with Crippen LogP contribution in [0.15, 0.2) is 24.3 Å². The second kappa shape index (κ2) is 7.05. The van der Waals surface area contributed by atoms with Crippen molar-refractivity contribution in [2.24, 2.45) is 0 Å². The quantitative estimate of drug-likeness (QED) is 0.356. The Morgan fingerprint density at radius 2 is 1.77 bits per heavy atom. The average Bonchev–Trinajstić information content (AvgIpc) is 2.43. The van der Waals surface area contributed by atoms with Crippen LogP contribution in [-0.2, 0) is 15.8 Å². The smallest absolute Gasteiger partial charge is 0.371 e. The van der Waals surface area contributed by atoms with Crippen LogP contribution in [0.25, 0.3) is 0 Å². The highest BCUT2D eigenvalue weighted by Gasteiger charge is 2.56. The predicted octanol–water partition coefficient (Wildman–Crippen LogP) is 2.44. The fraction of sp³-hybridized carbons (Fsp3) is 0.417. The zero-order chi connectivity index (χ0) is 17.0. The standard InChI is InChI=1S/C12H12F4O5S/c13-11(14,12(15,16)22(19)20)6-1-7-21-10(18)8-2-4-9(17)5-3-8/h2-5,17H,1,6-7H2,(H,19,20)/p-1. The number of ether oxygens (including phenoxy) is 1. The van der Waals surface area contributed by atoms with Gasteiger partial charge in [0, 0.05) is 17.5 Å². The van der Waals surface area contributed by atoms with Crippen molar-refractivity contribution in [3.63, 3.8) is 0 Å².